The van der Waals surface area contributed by atoms with Gasteiger partial charge in [0.15, 0.2) is 5.82 Å². The van der Waals surface area contributed by atoms with Crippen LogP contribution in [0.5, 0.6) is 0 Å². The Bertz CT molecular complexity index is 950. The fraction of sp³-hybridized carbons (Fsp3) is 0.263. The average molecular weight is 403 g/mol. The third-order valence-corrected chi connectivity index (χ3v) is 4.32. The summed E-state index contributed by atoms with van der Waals surface area (Å²) in [6, 6.07) is 12.9. The number of nitrogens with zero attached hydrogens (tertiary/aromatic N) is 4. The van der Waals surface area contributed by atoms with Crippen molar-refractivity contribution in [2.24, 2.45) is 5.73 Å². The molecule has 0 bridgehead atoms. The first kappa shape index (κ1) is 21.3. The minimum absolute atomic E-state index is 0. The number of hydrogen-bond donors (Lipinski definition) is 2. The molecule has 9 heteroatoms. The standard InChI is InChI=1S/C19H22N6O2.ClH/c1-14-16(13-21-25(14)17-7-8-18(26)23-22-17)19(27)24(12-10-20)11-9-15-5-3-2-4-6-15;/h2-8,13H,9-12,20H2,1H3,(H,23,26);1H. The number of hydrogen-bond acceptors (Lipinski definition) is 5. The molecule has 1 amide bonds. The number of carbonyl (C=O) groups excluding carboxylic acids is 1. The van der Waals surface area contributed by atoms with Crippen LogP contribution in [0.1, 0.15) is 21.6 Å². The van der Waals surface area contributed by atoms with E-state index in [1.54, 1.807) is 17.9 Å². The SMILES string of the molecule is Cc1c(C(=O)N(CCN)CCc2ccccc2)cnn1-c1ccc(=O)[nH]n1.Cl. The Labute approximate surface area is 168 Å². The molecule has 8 nitrogen and oxygen atoms in total. The summed E-state index contributed by atoms with van der Waals surface area (Å²) in [6.45, 7) is 3.22. The predicted octanol–water partition coefficient (Wildman–Crippen LogP) is 1.33. The van der Waals surface area contributed by atoms with E-state index in [0.29, 0.717) is 36.7 Å². The zero-order valence-electron chi connectivity index (χ0n) is 15.5. The van der Waals surface area contributed by atoms with Crippen molar-refractivity contribution in [1.29, 1.82) is 0 Å². The smallest absolute Gasteiger partial charge is 0.264 e. The maximum absolute atomic E-state index is 13.0. The second-order valence-corrected chi connectivity index (χ2v) is 6.15. The minimum Gasteiger partial charge on any atom is -0.337 e. The minimum atomic E-state index is -0.296. The Morgan fingerprint density at radius 1 is 1.18 bits per heavy atom. The molecule has 3 aromatic rings. The molecule has 0 spiro atoms. The molecule has 0 aliphatic carbocycles. The molecule has 1 aromatic carbocycles. The van der Waals surface area contributed by atoms with Gasteiger partial charge >= 0.3 is 0 Å². The number of amides is 1. The van der Waals surface area contributed by atoms with Crippen LogP contribution < -0.4 is 11.3 Å². The highest BCUT2D eigenvalue weighted by molar-refractivity contribution is 5.95. The van der Waals surface area contributed by atoms with Gasteiger partial charge < -0.3 is 10.6 Å². The van der Waals surface area contributed by atoms with E-state index < -0.39 is 0 Å². The van der Waals surface area contributed by atoms with Gasteiger partial charge in [0.1, 0.15) is 0 Å². The first-order valence-electron chi connectivity index (χ1n) is 8.74. The summed E-state index contributed by atoms with van der Waals surface area (Å²) in [4.78, 5) is 25.9. The van der Waals surface area contributed by atoms with Crippen molar-refractivity contribution >= 4 is 18.3 Å². The van der Waals surface area contributed by atoms with Crippen LogP contribution in [0.3, 0.4) is 0 Å². The van der Waals surface area contributed by atoms with Crippen molar-refractivity contribution in [2.75, 3.05) is 19.6 Å². The lowest BCUT2D eigenvalue weighted by Crippen LogP contribution is -2.37. The molecule has 148 valence electrons. The van der Waals surface area contributed by atoms with E-state index in [4.69, 9.17) is 5.73 Å². The number of benzene rings is 1. The van der Waals surface area contributed by atoms with Crippen LogP contribution in [0.15, 0.2) is 53.5 Å². The van der Waals surface area contributed by atoms with Crippen molar-refractivity contribution in [2.45, 2.75) is 13.3 Å². The number of halogens is 1. The summed E-state index contributed by atoms with van der Waals surface area (Å²) in [5, 5.41) is 10.6. The van der Waals surface area contributed by atoms with Crippen molar-refractivity contribution in [3.05, 3.63) is 75.8 Å². The molecule has 28 heavy (non-hydrogen) atoms. The Balaban J connectivity index is 0.00000280. The number of H-pyrrole nitrogens is 1. The molecule has 0 atom stereocenters. The third kappa shape index (κ3) is 4.85. The van der Waals surface area contributed by atoms with Crippen LogP contribution in [0.2, 0.25) is 0 Å². The first-order valence-corrected chi connectivity index (χ1v) is 8.74. The van der Waals surface area contributed by atoms with E-state index in [-0.39, 0.29) is 23.9 Å². The van der Waals surface area contributed by atoms with Gasteiger partial charge in [-0.2, -0.15) is 10.2 Å². The Morgan fingerprint density at radius 2 is 1.93 bits per heavy atom. The highest BCUT2D eigenvalue weighted by Crippen LogP contribution is 2.14. The molecule has 0 aliphatic rings. The third-order valence-electron chi connectivity index (χ3n) is 4.32. The number of aromatic amines is 1. The lowest BCUT2D eigenvalue weighted by atomic mass is 10.1. The molecule has 0 unspecified atom stereocenters. The molecule has 0 saturated carbocycles. The maximum Gasteiger partial charge on any atom is 0.264 e. The highest BCUT2D eigenvalue weighted by atomic mass is 35.5. The maximum atomic E-state index is 13.0. The molecule has 2 heterocycles. The summed E-state index contributed by atoms with van der Waals surface area (Å²) in [6.07, 6.45) is 2.28. The average Bonchev–Trinajstić information content (AvgIpc) is 3.07. The lowest BCUT2D eigenvalue weighted by molar-refractivity contribution is 0.0761. The van der Waals surface area contributed by atoms with Crippen LogP contribution in [0.4, 0.5) is 0 Å². The fourth-order valence-electron chi connectivity index (χ4n) is 2.86. The summed E-state index contributed by atoms with van der Waals surface area (Å²) < 4.78 is 1.53. The topological polar surface area (TPSA) is 110 Å². The van der Waals surface area contributed by atoms with Gasteiger partial charge in [-0.05, 0) is 25.0 Å². The van der Waals surface area contributed by atoms with Crippen LogP contribution >= 0.6 is 12.4 Å². The van der Waals surface area contributed by atoms with Gasteiger partial charge in [-0.3, -0.25) is 9.59 Å². The van der Waals surface area contributed by atoms with Gasteiger partial charge in [0.2, 0.25) is 0 Å². The molecule has 0 saturated heterocycles. The summed E-state index contributed by atoms with van der Waals surface area (Å²) in [7, 11) is 0. The summed E-state index contributed by atoms with van der Waals surface area (Å²) in [5.74, 6) is 0.324. The van der Waals surface area contributed by atoms with Gasteiger partial charge in [-0.1, -0.05) is 30.3 Å². The van der Waals surface area contributed by atoms with Crippen molar-refractivity contribution in [3.8, 4) is 5.82 Å². The molecular formula is C19H23ClN6O2. The van der Waals surface area contributed by atoms with Gasteiger partial charge in [-0.25, -0.2) is 9.78 Å². The second-order valence-electron chi connectivity index (χ2n) is 6.15. The monoisotopic (exact) mass is 402 g/mol. The Hall–Kier alpha value is -2.97. The molecule has 0 aliphatic heterocycles. The zero-order valence-corrected chi connectivity index (χ0v) is 16.4. The van der Waals surface area contributed by atoms with Crippen molar-refractivity contribution < 1.29 is 4.79 Å². The van der Waals surface area contributed by atoms with Crippen LogP contribution in [-0.4, -0.2) is 50.4 Å². The number of rotatable bonds is 7. The van der Waals surface area contributed by atoms with Crippen LogP contribution in [0.25, 0.3) is 5.82 Å². The zero-order chi connectivity index (χ0) is 19.2. The lowest BCUT2D eigenvalue weighted by Gasteiger charge is -2.22. The molecule has 0 fully saturated rings. The quantitative estimate of drug-likeness (QED) is 0.619. The molecular weight excluding hydrogens is 380 g/mol. The van der Waals surface area contributed by atoms with E-state index in [1.165, 1.54) is 16.9 Å². The van der Waals surface area contributed by atoms with Gasteiger partial charge in [-0.15, -0.1) is 12.4 Å². The van der Waals surface area contributed by atoms with Crippen LogP contribution in [-0.2, 0) is 6.42 Å². The fourth-order valence-corrected chi connectivity index (χ4v) is 2.86. The number of nitrogens with two attached hydrogens (primary N) is 1. The predicted molar refractivity (Wildman–Crippen MR) is 109 cm³/mol. The first-order chi connectivity index (χ1) is 13.1. The normalized spacial score (nSPS) is 10.4. The highest BCUT2D eigenvalue weighted by Gasteiger charge is 2.21. The summed E-state index contributed by atoms with van der Waals surface area (Å²) >= 11 is 0. The number of carbonyl (C=O) groups is 1. The van der Waals surface area contributed by atoms with Gasteiger partial charge in [0.05, 0.1) is 17.5 Å². The van der Waals surface area contributed by atoms with E-state index in [2.05, 4.69) is 15.3 Å². The van der Waals surface area contributed by atoms with E-state index in [9.17, 15) is 9.59 Å². The second kappa shape index (κ2) is 9.82. The van der Waals surface area contributed by atoms with E-state index >= 15 is 0 Å². The Morgan fingerprint density at radius 3 is 2.57 bits per heavy atom. The Kier molecular flexibility index (Phi) is 7.48. The molecule has 3 N–H and O–H groups in total. The summed E-state index contributed by atoms with van der Waals surface area (Å²) in [5.41, 5.74) is 7.72. The number of nitrogens with one attached hydrogen (secondary N) is 1. The van der Waals surface area contributed by atoms with Gasteiger partial charge in [0.25, 0.3) is 11.5 Å². The van der Waals surface area contributed by atoms with E-state index in [0.717, 1.165) is 12.0 Å². The number of aromatic nitrogens is 4. The van der Waals surface area contributed by atoms with E-state index in [1.807, 2.05) is 30.3 Å². The molecule has 2 aromatic heterocycles. The van der Waals surface area contributed by atoms with Gasteiger partial charge in [0, 0.05) is 25.7 Å². The van der Waals surface area contributed by atoms with Crippen molar-refractivity contribution in [1.82, 2.24) is 24.9 Å². The van der Waals surface area contributed by atoms with Crippen molar-refractivity contribution in [3.63, 3.8) is 0 Å². The largest absolute Gasteiger partial charge is 0.337 e. The van der Waals surface area contributed by atoms with Crippen LogP contribution in [0, 0.1) is 6.92 Å². The molecule has 3 rings (SSSR count). The molecule has 0 radical (unpaired) electrons.